The highest BCUT2D eigenvalue weighted by molar-refractivity contribution is 8.00. The SMILES string of the molecule is CCC(=O)CCCC(=O)NC(Cc1ccc(O)cc1)C(=O)NCCCCCC(=O)NC(CSC1CC(=O)N(CCC(=O)NCCCCC2NC(=O)C(Cc3ccccc3)NC(=O)[C@@H](CC(=O)O)NC(=O)CNC(=O)[C@H](CCCN=C(N)N)NC2=O)C1=O)C(N)=O. The van der Waals surface area contributed by atoms with Gasteiger partial charge in [-0.15, -0.1) is 11.8 Å². The quantitative estimate of drug-likeness (QED) is 0.0146. The summed E-state index contributed by atoms with van der Waals surface area (Å²) in [7, 11) is 0. The third-order valence-electron chi connectivity index (χ3n) is 14.4. The lowest BCUT2D eigenvalue weighted by Crippen LogP contribution is -2.58. The van der Waals surface area contributed by atoms with Crippen LogP contribution in [0.3, 0.4) is 0 Å². The van der Waals surface area contributed by atoms with Gasteiger partial charge in [-0.1, -0.05) is 55.8 Å². The number of carbonyl (C=O) groups excluding carboxylic acids is 13. The third-order valence-corrected chi connectivity index (χ3v) is 15.7. The molecule has 2 aliphatic rings. The average Bonchev–Trinajstić information content (AvgIpc) is 2.79. The summed E-state index contributed by atoms with van der Waals surface area (Å²) in [4.78, 5) is 187. The predicted molar refractivity (Wildman–Crippen MR) is 328 cm³/mol. The number of carboxylic acids is 1. The number of benzene rings is 2. The van der Waals surface area contributed by atoms with Crippen molar-refractivity contribution in [1.82, 2.24) is 52.8 Å². The summed E-state index contributed by atoms with van der Waals surface area (Å²) in [5.74, 6) is -10.0. The highest BCUT2D eigenvalue weighted by Crippen LogP contribution is 2.26. The Morgan fingerprint density at radius 3 is 1.93 bits per heavy atom. The molecule has 7 atom stereocenters. The number of guanidine groups is 1. The molecule has 0 saturated carbocycles. The number of phenols is 1. The molecule has 0 radical (unpaired) electrons. The maximum absolute atomic E-state index is 14.1. The fraction of sp³-hybridized carbons (Fsp3) is 0.542. The van der Waals surface area contributed by atoms with Gasteiger partial charge in [0.1, 0.15) is 47.8 Å². The zero-order chi connectivity index (χ0) is 66.1. The summed E-state index contributed by atoms with van der Waals surface area (Å²) in [6, 6.07) is 6.86. The first-order valence-corrected chi connectivity index (χ1v) is 30.9. The van der Waals surface area contributed by atoms with Crippen LogP contribution in [0.15, 0.2) is 59.6 Å². The van der Waals surface area contributed by atoms with E-state index in [1.165, 1.54) is 12.1 Å². The van der Waals surface area contributed by atoms with Crippen molar-refractivity contribution in [3.63, 3.8) is 0 Å². The molecular weight excluding hydrogens is 1190 g/mol. The van der Waals surface area contributed by atoms with E-state index in [0.717, 1.165) is 16.7 Å². The van der Waals surface area contributed by atoms with Gasteiger partial charge in [-0.2, -0.15) is 0 Å². The van der Waals surface area contributed by atoms with E-state index < -0.39 is 125 Å². The van der Waals surface area contributed by atoms with Gasteiger partial charge in [0, 0.05) is 83.3 Å². The Hall–Kier alpha value is -9.16. The van der Waals surface area contributed by atoms with Crippen molar-refractivity contribution < 1.29 is 77.3 Å². The number of amides is 12. The Labute approximate surface area is 524 Å². The van der Waals surface area contributed by atoms with Gasteiger partial charge < -0.3 is 75.3 Å². The largest absolute Gasteiger partial charge is 0.508 e. The molecule has 2 saturated heterocycles. The predicted octanol–water partition coefficient (Wildman–Crippen LogP) is -2.41. The van der Waals surface area contributed by atoms with Crippen LogP contribution in [0.25, 0.3) is 0 Å². The Kier molecular flexibility index (Phi) is 31.7. The monoisotopic (exact) mass is 1280 g/mol. The van der Waals surface area contributed by atoms with Crippen LogP contribution in [-0.4, -0.2) is 184 Å². The number of hydrogen-bond acceptors (Lipinski definition) is 17. The number of nitrogens with zero attached hydrogens (tertiary/aromatic N) is 2. The van der Waals surface area contributed by atoms with Crippen molar-refractivity contribution in [3.05, 3.63) is 65.7 Å². The molecule has 0 spiro atoms. The first kappa shape index (κ1) is 73.3. The second-order valence-electron chi connectivity index (χ2n) is 21.6. The zero-order valence-electron chi connectivity index (χ0n) is 50.4. The smallest absolute Gasteiger partial charge is 0.305 e. The maximum atomic E-state index is 14.1. The fourth-order valence-corrected chi connectivity index (χ4v) is 10.6. The van der Waals surface area contributed by atoms with E-state index in [0.29, 0.717) is 43.2 Å². The first-order chi connectivity index (χ1) is 42.9. The van der Waals surface area contributed by atoms with Gasteiger partial charge in [0.15, 0.2) is 5.96 Å². The molecule has 31 heteroatoms. The van der Waals surface area contributed by atoms with E-state index in [-0.39, 0.29) is 132 Å². The topological polar surface area (TPSA) is 481 Å². The van der Waals surface area contributed by atoms with Crippen LogP contribution in [-0.2, 0) is 80.0 Å². The van der Waals surface area contributed by atoms with Crippen LogP contribution in [0.2, 0.25) is 0 Å². The Morgan fingerprint density at radius 2 is 1.27 bits per heavy atom. The van der Waals surface area contributed by atoms with Gasteiger partial charge in [0.25, 0.3) is 0 Å². The Bertz CT molecular complexity index is 2880. The number of rotatable bonds is 36. The molecule has 0 aromatic heterocycles. The molecule has 2 fully saturated rings. The summed E-state index contributed by atoms with van der Waals surface area (Å²) in [6.45, 7) is 1.11. The van der Waals surface area contributed by atoms with Crippen molar-refractivity contribution in [1.29, 1.82) is 0 Å². The number of unbranched alkanes of at least 4 members (excludes halogenated alkanes) is 3. The van der Waals surface area contributed by atoms with Crippen molar-refractivity contribution in [2.24, 2.45) is 22.2 Å². The number of thioether (sulfide) groups is 1. The minimum atomic E-state index is -1.67. The van der Waals surface area contributed by atoms with Crippen molar-refractivity contribution in [2.45, 2.75) is 164 Å². The van der Waals surface area contributed by atoms with Crippen LogP contribution in [0, 0.1) is 0 Å². The lowest BCUT2D eigenvalue weighted by Gasteiger charge is -2.26. The number of nitrogens with one attached hydrogen (secondary N) is 9. The molecule has 492 valence electrons. The minimum absolute atomic E-state index is 0.00314. The number of ketones is 1. The Balaban J connectivity index is 1.25. The summed E-state index contributed by atoms with van der Waals surface area (Å²) < 4.78 is 0. The number of likely N-dealkylation sites (tertiary alicyclic amines) is 1. The van der Waals surface area contributed by atoms with Crippen molar-refractivity contribution >= 4 is 100 Å². The van der Waals surface area contributed by atoms with E-state index in [1.807, 2.05) is 0 Å². The number of aromatic hydroxyl groups is 1. The number of aliphatic carboxylic acids is 1. The fourth-order valence-electron chi connectivity index (χ4n) is 9.42. The zero-order valence-corrected chi connectivity index (χ0v) is 51.2. The van der Waals surface area contributed by atoms with Crippen LogP contribution in [0.5, 0.6) is 5.75 Å². The van der Waals surface area contributed by atoms with Crippen molar-refractivity contribution in [2.75, 3.05) is 38.5 Å². The van der Waals surface area contributed by atoms with Gasteiger partial charge in [-0.3, -0.25) is 77.0 Å². The van der Waals surface area contributed by atoms with Gasteiger partial charge in [0.2, 0.25) is 70.9 Å². The van der Waals surface area contributed by atoms with E-state index in [9.17, 15) is 77.3 Å². The molecule has 2 heterocycles. The second kappa shape index (κ2) is 39.0. The molecule has 17 N–H and O–H groups in total. The number of carbonyl (C=O) groups is 14. The number of Topliss-reactive ketones (excluding diaryl/α,β-unsaturated/α-hetero) is 1. The molecule has 2 aromatic carbocycles. The summed E-state index contributed by atoms with van der Waals surface area (Å²) in [5.41, 5.74) is 17.8. The van der Waals surface area contributed by atoms with E-state index in [1.54, 1.807) is 49.4 Å². The van der Waals surface area contributed by atoms with Crippen molar-refractivity contribution in [3.8, 4) is 5.75 Å². The number of primary amides is 1. The lowest BCUT2D eigenvalue weighted by molar-refractivity contribution is -0.141. The van der Waals surface area contributed by atoms with Gasteiger partial charge in [-0.05, 0) is 74.6 Å². The number of hydrogen-bond donors (Lipinski definition) is 14. The normalized spacial score (nSPS) is 18.8. The summed E-state index contributed by atoms with van der Waals surface area (Å²) in [6.07, 6.45) is 1.54. The highest BCUT2D eigenvalue weighted by Gasteiger charge is 2.40. The molecular formula is C59H84N14O16S. The molecule has 30 nitrogen and oxygen atoms in total. The van der Waals surface area contributed by atoms with E-state index in [4.69, 9.17) is 17.2 Å². The highest BCUT2D eigenvalue weighted by atomic mass is 32.2. The molecule has 4 rings (SSSR count). The number of carboxylic acid groups (broad SMARTS) is 1. The average molecular weight is 1280 g/mol. The summed E-state index contributed by atoms with van der Waals surface area (Å²) in [5, 5.41) is 41.6. The van der Waals surface area contributed by atoms with Crippen LogP contribution >= 0.6 is 11.8 Å². The Morgan fingerprint density at radius 1 is 0.656 bits per heavy atom. The first-order valence-electron chi connectivity index (χ1n) is 29.9. The number of aliphatic imine (C=N–C) groups is 1. The number of phenolic OH excluding ortho intramolecular Hbond substituents is 1. The van der Waals surface area contributed by atoms with Crippen LogP contribution in [0.1, 0.15) is 121 Å². The van der Waals surface area contributed by atoms with Gasteiger partial charge >= 0.3 is 5.97 Å². The van der Waals surface area contributed by atoms with Gasteiger partial charge in [-0.25, -0.2) is 0 Å². The molecule has 2 aliphatic heterocycles. The van der Waals surface area contributed by atoms with Crippen LogP contribution in [0.4, 0.5) is 0 Å². The van der Waals surface area contributed by atoms with E-state index >= 15 is 0 Å². The third kappa shape index (κ3) is 27.5. The molecule has 0 aliphatic carbocycles. The molecule has 2 aromatic rings. The molecule has 12 amide bonds. The second-order valence-corrected chi connectivity index (χ2v) is 22.9. The van der Waals surface area contributed by atoms with Gasteiger partial charge in [0.05, 0.1) is 18.2 Å². The molecule has 90 heavy (non-hydrogen) atoms. The van der Waals surface area contributed by atoms with E-state index in [2.05, 4.69) is 52.8 Å². The standard InChI is InChI=1S/C59H84N14O16S/c1-2-37(74)15-11-19-48(78)67-41(30-36-20-22-38(75)23-21-36)54(85)64-26-9-4-7-18-47(77)69-44(52(60)83)34-90-45-32-50(80)73(58(45)89)28-24-46(76)63-25-10-8-16-40-55(86)70-39(17-12-27-65-59(61)62)53(84)66-33-49(79)68-43(31-51(81)82)57(88)72-42(56(87)71-40)29-35-13-5-3-6-14-35/h3,5-6,13-14,20-23,39-45,75H,2,4,7-12,15-19,24-34H2,1H3,(H2,60,83)(H,63,76)(H,64,85)(H,66,84)(H,67,78)(H,68,79)(H,69,77)(H,70,86)(H,71,87)(H,72,88)(H,81,82)(H4,61,62,65)/t39-,40?,41?,42?,43+,44?,45?/m0/s1. The number of imide groups is 1. The molecule has 0 bridgehead atoms. The lowest BCUT2D eigenvalue weighted by atomic mass is 10.0. The number of nitrogens with two attached hydrogens (primary N) is 3. The van der Waals surface area contributed by atoms with Crippen LogP contribution < -0.4 is 65.1 Å². The maximum Gasteiger partial charge on any atom is 0.305 e. The summed E-state index contributed by atoms with van der Waals surface area (Å²) >= 11 is 0.951. The molecule has 5 unspecified atom stereocenters. The minimum Gasteiger partial charge on any atom is -0.508 e.